The topological polar surface area (TPSA) is 81.0 Å². The molecule has 140 valence electrons. The third-order valence-corrected chi connectivity index (χ3v) is 5.92. The molecule has 0 fully saturated rings. The van der Waals surface area contributed by atoms with Crippen molar-refractivity contribution < 1.29 is 4.74 Å². The Kier molecular flexibility index (Phi) is 4.76. The number of thiophene rings is 1. The molecule has 0 bridgehead atoms. The minimum atomic E-state index is -0.496. The molecule has 0 spiro atoms. The number of aryl methyl sites for hydroxylation is 2. The van der Waals surface area contributed by atoms with E-state index in [1.54, 1.807) is 4.57 Å². The summed E-state index contributed by atoms with van der Waals surface area (Å²) in [6.45, 7) is 2.44. The first-order chi connectivity index (χ1) is 13.6. The summed E-state index contributed by atoms with van der Waals surface area (Å²) in [7, 11) is 0. The number of pyridine rings is 1. The number of fused-ring (bicyclic) bond motifs is 1. The molecule has 0 saturated heterocycles. The Morgan fingerprint density at radius 3 is 2.71 bits per heavy atom. The van der Waals surface area contributed by atoms with Crippen molar-refractivity contribution in [2.24, 2.45) is 5.73 Å². The maximum Gasteiger partial charge on any atom is 0.258 e. The Morgan fingerprint density at radius 1 is 1.25 bits per heavy atom. The molecule has 0 radical (unpaired) electrons. The Labute approximate surface area is 166 Å². The van der Waals surface area contributed by atoms with Gasteiger partial charge in [-0.05, 0) is 30.4 Å². The van der Waals surface area contributed by atoms with E-state index < -0.39 is 5.92 Å². The molecular formula is C22H19N3O2S. The molecule has 3 aromatic rings. The highest BCUT2D eigenvalue weighted by molar-refractivity contribution is 7.10. The number of aromatic nitrogens is 1. The van der Waals surface area contributed by atoms with E-state index in [9.17, 15) is 10.1 Å². The van der Waals surface area contributed by atoms with Crippen LogP contribution in [0.15, 0.2) is 70.2 Å². The minimum absolute atomic E-state index is 0.0641. The van der Waals surface area contributed by atoms with Crippen molar-refractivity contribution in [3.05, 3.63) is 97.4 Å². The molecule has 2 N–H and O–H groups in total. The molecule has 6 heteroatoms. The molecule has 0 amide bonds. The van der Waals surface area contributed by atoms with Gasteiger partial charge in [-0.25, -0.2) is 0 Å². The average molecular weight is 389 g/mol. The number of hydrogen-bond acceptors (Lipinski definition) is 5. The number of nitrogens with zero attached hydrogens (tertiary/aromatic N) is 2. The van der Waals surface area contributed by atoms with E-state index in [0.29, 0.717) is 17.9 Å². The van der Waals surface area contributed by atoms with Gasteiger partial charge in [-0.1, -0.05) is 36.4 Å². The normalized spacial score (nSPS) is 15.6. The van der Waals surface area contributed by atoms with Gasteiger partial charge in [0.2, 0.25) is 5.88 Å². The van der Waals surface area contributed by atoms with Gasteiger partial charge >= 0.3 is 0 Å². The lowest BCUT2D eigenvalue weighted by Gasteiger charge is -2.26. The van der Waals surface area contributed by atoms with E-state index in [0.717, 1.165) is 17.0 Å². The quantitative estimate of drug-likeness (QED) is 0.738. The van der Waals surface area contributed by atoms with E-state index >= 15 is 0 Å². The first kappa shape index (κ1) is 18.1. The van der Waals surface area contributed by atoms with Crippen molar-refractivity contribution in [1.29, 1.82) is 5.26 Å². The summed E-state index contributed by atoms with van der Waals surface area (Å²) in [4.78, 5) is 14.3. The van der Waals surface area contributed by atoms with Crippen molar-refractivity contribution in [2.75, 3.05) is 0 Å². The predicted molar refractivity (Wildman–Crippen MR) is 109 cm³/mol. The largest absolute Gasteiger partial charge is 0.440 e. The lowest BCUT2D eigenvalue weighted by Crippen LogP contribution is -2.33. The van der Waals surface area contributed by atoms with E-state index in [4.69, 9.17) is 10.5 Å². The molecule has 3 heterocycles. The molecule has 0 aliphatic carbocycles. The first-order valence-electron chi connectivity index (χ1n) is 8.99. The minimum Gasteiger partial charge on any atom is -0.440 e. The van der Waals surface area contributed by atoms with Crippen LogP contribution in [0.3, 0.4) is 0 Å². The molecule has 0 unspecified atom stereocenters. The van der Waals surface area contributed by atoms with Gasteiger partial charge in [0.25, 0.3) is 5.56 Å². The van der Waals surface area contributed by atoms with Crippen molar-refractivity contribution in [3.63, 3.8) is 0 Å². The highest BCUT2D eigenvalue weighted by atomic mass is 32.1. The second-order valence-corrected chi connectivity index (χ2v) is 7.68. The van der Waals surface area contributed by atoms with Crippen LogP contribution in [0.5, 0.6) is 5.75 Å². The molecule has 1 aromatic carbocycles. The fourth-order valence-electron chi connectivity index (χ4n) is 3.59. The van der Waals surface area contributed by atoms with Crippen molar-refractivity contribution in [1.82, 2.24) is 4.57 Å². The summed E-state index contributed by atoms with van der Waals surface area (Å²) in [6.07, 6.45) is 0.744. The summed E-state index contributed by atoms with van der Waals surface area (Å²) < 4.78 is 7.43. The second-order valence-electron chi connectivity index (χ2n) is 6.70. The van der Waals surface area contributed by atoms with Crippen LogP contribution < -0.4 is 16.0 Å². The number of rotatable bonds is 4. The van der Waals surface area contributed by atoms with Crippen molar-refractivity contribution >= 4 is 11.3 Å². The highest BCUT2D eigenvalue weighted by Crippen LogP contribution is 2.41. The summed E-state index contributed by atoms with van der Waals surface area (Å²) in [5.41, 5.74) is 8.60. The zero-order valence-electron chi connectivity index (χ0n) is 15.4. The Bertz CT molecular complexity index is 1140. The summed E-state index contributed by atoms with van der Waals surface area (Å²) in [5.74, 6) is 0.00687. The molecule has 28 heavy (non-hydrogen) atoms. The van der Waals surface area contributed by atoms with Gasteiger partial charge in [-0.3, -0.25) is 4.79 Å². The molecule has 1 aliphatic heterocycles. The molecule has 1 atom stereocenters. The first-order valence-corrected chi connectivity index (χ1v) is 9.87. The zero-order chi connectivity index (χ0) is 19.7. The maximum absolute atomic E-state index is 13.4. The smallest absolute Gasteiger partial charge is 0.258 e. The van der Waals surface area contributed by atoms with Crippen LogP contribution in [-0.4, -0.2) is 4.57 Å². The number of allylic oxidation sites excluding steroid dienone is 1. The monoisotopic (exact) mass is 389 g/mol. The molecule has 0 saturated carbocycles. The number of nitrogens with two attached hydrogens (primary N) is 1. The van der Waals surface area contributed by atoms with Gasteiger partial charge in [0.05, 0.1) is 11.5 Å². The molecule has 5 nitrogen and oxygen atoms in total. The summed E-state index contributed by atoms with van der Waals surface area (Å²) >= 11 is 1.50. The van der Waals surface area contributed by atoms with Gasteiger partial charge in [0.15, 0.2) is 0 Å². The van der Waals surface area contributed by atoms with E-state index in [1.807, 2.05) is 60.8 Å². The van der Waals surface area contributed by atoms with Gasteiger partial charge in [0, 0.05) is 23.2 Å². The number of hydrogen-bond donors (Lipinski definition) is 1. The van der Waals surface area contributed by atoms with E-state index in [-0.39, 0.29) is 17.0 Å². The van der Waals surface area contributed by atoms with E-state index in [2.05, 4.69) is 6.07 Å². The number of benzene rings is 1. The van der Waals surface area contributed by atoms with Crippen LogP contribution >= 0.6 is 11.3 Å². The van der Waals surface area contributed by atoms with Gasteiger partial charge in [0.1, 0.15) is 17.4 Å². The van der Waals surface area contributed by atoms with Crippen LogP contribution in [0.4, 0.5) is 0 Å². The van der Waals surface area contributed by atoms with Crippen LogP contribution in [0, 0.1) is 18.3 Å². The second kappa shape index (κ2) is 7.37. The zero-order valence-corrected chi connectivity index (χ0v) is 16.2. The fourth-order valence-corrected chi connectivity index (χ4v) is 4.43. The van der Waals surface area contributed by atoms with Crippen LogP contribution in [0.1, 0.15) is 27.6 Å². The van der Waals surface area contributed by atoms with Crippen LogP contribution in [0.25, 0.3) is 0 Å². The maximum atomic E-state index is 13.4. The van der Waals surface area contributed by atoms with Crippen LogP contribution in [-0.2, 0) is 13.0 Å². The summed E-state index contributed by atoms with van der Waals surface area (Å²) in [5, 5.41) is 11.6. The molecule has 1 aliphatic rings. The average Bonchev–Trinajstić information content (AvgIpc) is 3.22. The number of ether oxygens (including phenoxy) is 1. The standard InChI is InChI=1S/C22H19N3O2S/c1-14-12-17-20(22(26)25(14)10-9-15-6-3-2-4-7-15)19(18-8-5-11-28-18)16(13-23)21(24)27-17/h2-8,11-12,19H,9-10,24H2,1H3/t19-/m1/s1. The fraction of sp³-hybridized carbons (Fsp3) is 0.182. The lowest BCUT2D eigenvalue weighted by atomic mass is 9.88. The molecular weight excluding hydrogens is 370 g/mol. The van der Waals surface area contributed by atoms with Crippen molar-refractivity contribution in [2.45, 2.75) is 25.8 Å². The molecule has 2 aromatic heterocycles. The third-order valence-electron chi connectivity index (χ3n) is 4.98. The third kappa shape index (κ3) is 3.10. The summed E-state index contributed by atoms with van der Waals surface area (Å²) in [6, 6.07) is 17.9. The Morgan fingerprint density at radius 2 is 2.04 bits per heavy atom. The van der Waals surface area contributed by atoms with E-state index in [1.165, 1.54) is 16.9 Å². The SMILES string of the molecule is Cc1cc2c(c(=O)n1CCc1ccccc1)[C@@H](c1cccs1)C(C#N)=C(N)O2. The highest BCUT2D eigenvalue weighted by Gasteiger charge is 2.34. The Hall–Kier alpha value is -3.30. The van der Waals surface area contributed by atoms with Crippen LogP contribution in [0.2, 0.25) is 0 Å². The van der Waals surface area contributed by atoms with Gasteiger partial charge < -0.3 is 15.0 Å². The van der Waals surface area contributed by atoms with Crippen molar-refractivity contribution in [3.8, 4) is 11.8 Å². The number of nitriles is 1. The Balaban J connectivity index is 1.82. The lowest BCUT2D eigenvalue weighted by molar-refractivity contribution is 0.389. The predicted octanol–water partition coefficient (Wildman–Crippen LogP) is 3.68. The van der Waals surface area contributed by atoms with Gasteiger partial charge in [-0.15, -0.1) is 11.3 Å². The molecule has 4 rings (SSSR count). The van der Waals surface area contributed by atoms with Gasteiger partial charge in [-0.2, -0.15) is 5.26 Å².